The molecule has 1 aliphatic rings. The maximum atomic E-state index is 13.4. The lowest BCUT2D eigenvalue weighted by Gasteiger charge is -2.29. The minimum absolute atomic E-state index is 0.0736. The highest BCUT2D eigenvalue weighted by Gasteiger charge is 2.23. The second-order valence-electron chi connectivity index (χ2n) is 9.88. The van der Waals surface area contributed by atoms with Crippen LogP contribution in [0.5, 0.6) is 5.75 Å². The van der Waals surface area contributed by atoms with Gasteiger partial charge in [-0.25, -0.2) is 0 Å². The van der Waals surface area contributed by atoms with Crippen LogP contribution < -0.4 is 10.1 Å². The van der Waals surface area contributed by atoms with E-state index in [0.717, 1.165) is 37.2 Å². The fraction of sp³-hybridized carbons (Fsp3) is 0.387. The lowest BCUT2D eigenvalue weighted by Crippen LogP contribution is -2.39. The van der Waals surface area contributed by atoms with Crippen LogP contribution in [0.1, 0.15) is 42.1 Å². The fourth-order valence-corrected chi connectivity index (χ4v) is 4.68. The number of amides is 2. The van der Waals surface area contributed by atoms with E-state index in [1.807, 2.05) is 25.1 Å². The van der Waals surface area contributed by atoms with Crippen LogP contribution in [0.15, 0.2) is 66.9 Å². The first kappa shape index (κ1) is 28.3. The average molecular weight is 531 g/mol. The summed E-state index contributed by atoms with van der Waals surface area (Å²) in [6.07, 6.45) is 3.66. The summed E-state index contributed by atoms with van der Waals surface area (Å²) in [6, 6.07) is 19.7. The summed E-state index contributed by atoms with van der Waals surface area (Å²) in [5.74, 6) is 0.272. The number of ether oxygens (including phenoxy) is 2. The van der Waals surface area contributed by atoms with Gasteiger partial charge in [0, 0.05) is 64.2 Å². The molecule has 1 aliphatic heterocycles. The first-order valence-electron chi connectivity index (χ1n) is 13.5. The molecule has 4 rings (SSSR count). The highest BCUT2D eigenvalue weighted by Crippen LogP contribution is 2.26. The second kappa shape index (κ2) is 13.9. The Hall–Kier alpha value is -3.75. The van der Waals surface area contributed by atoms with Crippen LogP contribution in [0.3, 0.4) is 0 Å². The molecule has 0 fully saturated rings. The van der Waals surface area contributed by atoms with E-state index in [0.29, 0.717) is 43.1 Å². The SMILES string of the molecule is CCCC(=O)Nc1ccc2c(c1)C(=O)N(C)CC(OC)CCN(Cc1ccc(-c3ccccn3)cc1)CCO2. The maximum Gasteiger partial charge on any atom is 0.257 e. The molecular formula is C31H38N4O4. The number of fused-ring (bicyclic) bond motifs is 1. The number of carbonyl (C=O) groups is 2. The number of nitrogens with zero attached hydrogens (tertiary/aromatic N) is 3. The van der Waals surface area contributed by atoms with Crippen molar-refractivity contribution in [2.75, 3.05) is 45.7 Å². The van der Waals surface area contributed by atoms with Crippen molar-refractivity contribution < 1.29 is 19.1 Å². The molecule has 8 heteroatoms. The summed E-state index contributed by atoms with van der Waals surface area (Å²) in [5.41, 5.74) is 4.26. The van der Waals surface area contributed by atoms with Gasteiger partial charge in [-0.3, -0.25) is 19.5 Å². The van der Waals surface area contributed by atoms with Crippen LogP contribution in [-0.4, -0.2) is 73.1 Å². The third kappa shape index (κ3) is 7.88. The lowest BCUT2D eigenvalue weighted by atomic mass is 10.1. The molecule has 1 N–H and O–H groups in total. The zero-order valence-electron chi connectivity index (χ0n) is 23.1. The van der Waals surface area contributed by atoms with E-state index in [9.17, 15) is 9.59 Å². The summed E-state index contributed by atoms with van der Waals surface area (Å²) in [5, 5.41) is 2.88. The topological polar surface area (TPSA) is 84.0 Å². The van der Waals surface area contributed by atoms with Crippen molar-refractivity contribution in [1.29, 1.82) is 0 Å². The third-order valence-corrected chi connectivity index (χ3v) is 6.88. The van der Waals surface area contributed by atoms with Crippen LogP contribution in [0.4, 0.5) is 5.69 Å². The molecule has 8 nitrogen and oxygen atoms in total. The Morgan fingerprint density at radius 1 is 1.13 bits per heavy atom. The van der Waals surface area contributed by atoms with Gasteiger partial charge in [-0.1, -0.05) is 37.3 Å². The Bertz CT molecular complexity index is 1230. The Balaban J connectivity index is 1.50. The normalized spacial score (nSPS) is 16.9. The zero-order valence-corrected chi connectivity index (χ0v) is 23.1. The zero-order chi connectivity index (χ0) is 27.6. The Labute approximate surface area is 230 Å². The van der Waals surface area contributed by atoms with Crippen molar-refractivity contribution >= 4 is 17.5 Å². The molecule has 0 aliphatic carbocycles. The number of methoxy groups -OCH3 is 1. The molecule has 0 bridgehead atoms. The molecule has 1 atom stereocenters. The number of pyridine rings is 1. The summed E-state index contributed by atoms with van der Waals surface area (Å²) in [7, 11) is 3.46. The number of benzene rings is 2. The first-order valence-corrected chi connectivity index (χ1v) is 13.5. The van der Waals surface area contributed by atoms with E-state index in [1.165, 1.54) is 5.56 Å². The van der Waals surface area contributed by atoms with Gasteiger partial charge in [0.2, 0.25) is 5.91 Å². The maximum absolute atomic E-state index is 13.4. The van der Waals surface area contributed by atoms with Crippen LogP contribution in [0.25, 0.3) is 11.3 Å². The number of aromatic nitrogens is 1. The summed E-state index contributed by atoms with van der Waals surface area (Å²) >= 11 is 0. The highest BCUT2D eigenvalue weighted by atomic mass is 16.5. The van der Waals surface area contributed by atoms with Gasteiger partial charge in [-0.2, -0.15) is 0 Å². The van der Waals surface area contributed by atoms with Crippen LogP contribution in [0.2, 0.25) is 0 Å². The van der Waals surface area contributed by atoms with E-state index in [4.69, 9.17) is 9.47 Å². The standard InChI is InChI=1S/C31H38N4O4/c1-4-7-30(36)33-25-13-14-29-27(20-25)31(37)34(2)22-26(38-3)15-17-35(18-19-39-29)21-23-9-11-24(12-10-23)28-8-5-6-16-32-28/h5-6,8-14,16,20,26H,4,7,15,17-19,21-22H2,1-3H3,(H,33,36). The van der Waals surface area contributed by atoms with Gasteiger partial charge in [0.1, 0.15) is 12.4 Å². The molecule has 0 saturated heterocycles. The monoisotopic (exact) mass is 530 g/mol. The van der Waals surface area contributed by atoms with Gasteiger partial charge in [-0.15, -0.1) is 0 Å². The Kier molecular flexibility index (Phi) is 10.1. The predicted molar refractivity (Wildman–Crippen MR) is 153 cm³/mol. The average Bonchev–Trinajstić information content (AvgIpc) is 2.95. The quantitative estimate of drug-likeness (QED) is 0.470. The number of nitrogens with one attached hydrogen (secondary N) is 1. The molecule has 0 radical (unpaired) electrons. The predicted octanol–water partition coefficient (Wildman–Crippen LogP) is 4.86. The fourth-order valence-electron chi connectivity index (χ4n) is 4.68. The van der Waals surface area contributed by atoms with E-state index in [-0.39, 0.29) is 17.9 Å². The minimum Gasteiger partial charge on any atom is -0.491 e. The number of hydrogen-bond acceptors (Lipinski definition) is 6. The highest BCUT2D eigenvalue weighted by molar-refractivity contribution is 5.99. The summed E-state index contributed by atoms with van der Waals surface area (Å²) in [4.78, 5) is 34.0. The number of anilines is 1. The van der Waals surface area contributed by atoms with Crippen molar-refractivity contribution in [1.82, 2.24) is 14.8 Å². The lowest BCUT2D eigenvalue weighted by molar-refractivity contribution is -0.116. The molecule has 206 valence electrons. The molecule has 1 unspecified atom stereocenters. The summed E-state index contributed by atoms with van der Waals surface area (Å²) < 4.78 is 11.9. The Morgan fingerprint density at radius 3 is 2.67 bits per heavy atom. The van der Waals surface area contributed by atoms with Gasteiger partial charge in [0.25, 0.3) is 5.91 Å². The molecule has 2 heterocycles. The van der Waals surface area contributed by atoms with Gasteiger partial charge < -0.3 is 19.7 Å². The molecular weight excluding hydrogens is 492 g/mol. The minimum atomic E-state index is -0.163. The molecule has 1 aromatic heterocycles. The molecule has 3 aromatic rings. The van der Waals surface area contributed by atoms with E-state index >= 15 is 0 Å². The van der Waals surface area contributed by atoms with E-state index < -0.39 is 0 Å². The molecule has 2 aromatic carbocycles. The molecule has 2 amide bonds. The van der Waals surface area contributed by atoms with Crippen LogP contribution in [-0.2, 0) is 16.1 Å². The second-order valence-corrected chi connectivity index (χ2v) is 9.88. The molecule has 39 heavy (non-hydrogen) atoms. The van der Waals surface area contributed by atoms with E-state index in [2.05, 4.69) is 39.5 Å². The smallest absolute Gasteiger partial charge is 0.257 e. The van der Waals surface area contributed by atoms with Crippen molar-refractivity contribution in [3.8, 4) is 17.0 Å². The largest absolute Gasteiger partial charge is 0.491 e. The van der Waals surface area contributed by atoms with Crippen LogP contribution in [0, 0.1) is 0 Å². The number of rotatable bonds is 7. The van der Waals surface area contributed by atoms with Crippen molar-refractivity contribution in [3.05, 3.63) is 78.0 Å². The number of hydrogen-bond donors (Lipinski definition) is 1. The number of carbonyl (C=O) groups excluding carboxylic acids is 2. The van der Waals surface area contributed by atoms with Gasteiger partial charge in [-0.05, 0) is 48.7 Å². The number of likely N-dealkylation sites (N-methyl/N-ethyl adjacent to an activating group) is 1. The van der Waals surface area contributed by atoms with Crippen molar-refractivity contribution in [3.63, 3.8) is 0 Å². The van der Waals surface area contributed by atoms with Gasteiger partial charge in [0.15, 0.2) is 0 Å². The van der Waals surface area contributed by atoms with Crippen molar-refractivity contribution in [2.45, 2.75) is 38.8 Å². The third-order valence-electron chi connectivity index (χ3n) is 6.88. The van der Waals surface area contributed by atoms with E-state index in [1.54, 1.807) is 43.5 Å². The van der Waals surface area contributed by atoms with Gasteiger partial charge >= 0.3 is 0 Å². The van der Waals surface area contributed by atoms with Crippen LogP contribution >= 0.6 is 0 Å². The molecule has 0 saturated carbocycles. The Morgan fingerprint density at radius 2 is 1.95 bits per heavy atom. The van der Waals surface area contributed by atoms with Crippen molar-refractivity contribution in [2.24, 2.45) is 0 Å². The molecule has 0 spiro atoms. The first-order chi connectivity index (χ1) is 19.0. The van der Waals surface area contributed by atoms with Gasteiger partial charge in [0.05, 0.1) is 17.4 Å². The summed E-state index contributed by atoms with van der Waals surface area (Å²) in [6.45, 7) is 5.10.